The first-order valence-electron chi connectivity index (χ1n) is 9.68. The molecule has 3 aromatic carbocycles. The number of thioether (sulfide) groups is 1. The molecule has 154 valence electrons. The van der Waals surface area contributed by atoms with Crippen molar-refractivity contribution >= 4 is 44.8 Å². The number of ketones is 1. The molecule has 0 aliphatic carbocycles. The van der Waals surface area contributed by atoms with Gasteiger partial charge in [-0.25, -0.2) is 4.99 Å². The van der Waals surface area contributed by atoms with E-state index in [2.05, 4.69) is 10.3 Å². The van der Waals surface area contributed by atoms with E-state index in [1.165, 1.54) is 0 Å². The van der Waals surface area contributed by atoms with E-state index in [1.54, 1.807) is 7.11 Å². The second kappa shape index (κ2) is 9.02. The van der Waals surface area contributed by atoms with Crippen LogP contribution in [0.25, 0.3) is 5.70 Å². The predicted molar refractivity (Wildman–Crippen MR) is 126 cm³/mol. The van der Waals surface area contributed by atoms with Crippen LogP contribution >= 0.6 is 11.8 Å². The van der Waals surface area contributed by atoms with Crippen LogP contribution in [0.3, 0.4) is 0 Å². The summed E-state index contributed by atoms with van der Waals surface area (Å²) in [6, 6.07) is 24.4. The molecule has 0 unspecified atom stereocenters. The number of rotatable bonds is 5. The Labute approximate surface area is 184 Å². The zero-order valence-electron chi connectivity index (χ0n) is 17.1. The number of carbonyl (C=O) groups excluding carboxylic acids is 2. The van der Waals surface area contributed by atoms with Gasteiger partial charge in [-0.3, -0.25) is 9.59 Å². The number of methoxy groups -OCH3 is 1. The highest BCUT2D eigenvalue weighted by Crippen LogP contribution is 2.34. The lowest BCUT2D eigenvalue weighted by molar-refractivity contribution is -0.128. The van der Waals surface area contributed by atoms with Crippen molar-refractivity contribution in [2.24, 2.45) is 4.99 Å². The smallest absolute Gasteiger partial charge is 0.266 e. The van der Waals surface area contributed by atoms with Gasteiger partial charge in [0.15, 0.2) is 0 Å². The fourth-order valence-electron chi connectivity index (χ4n) is 3.12. The number of hydrogen-bond donors (Lipinski definition) is 1. The van der Waals surface area contributed by atoms with E-state index in [9.17, 15) is 9.59 Å². The summed E-state index contributed by atoms with van der Waals surface area (Å²) in [7, 11) is 1.61. The van der Waals surface area contributed by atoms with Gasteiger partial charge in [-0.1, -0.05) is 48.0 Å². The second-order valence-corrected chi connectivity index (χ2v) is 7.90. The van der Waals surface area contributed by atoms with Gasteiger partial charge < -0.3 is 10.1 Å². The van der Waals surface area contributed by atoms with Gasteiger partial charge in [-0.05, 0) is 60.6 Å². The van der Waals surface area contributed by atoms with Crippen LogP contribution in [0.2, 0.25) is 0 Å². The molecule has 1 N–H and O–H groups in total. The molecule has 0 radical (unpaired) electrons. The van der Waals surface area contributed by atoms with E-state index < -0.39 is 10.9 Å². The highest BCUT2D eigenvalue weighted by Gasteiger charge is 2.37. The predicted octanol–water partition coefficient (Wildman–Crippen LogP) is 5.40. The highest BCUT2D eigenvalue weighted by molar-refractivity contribution is 8.29. The number of Topliss-reactive ketones (excluding diaryl/α,β-unsaturated/α-hetero) is 1. The average molecular weight is 429 g/mol. The maximum absolute atomic E-state index is 12.9. The molecule has 0 spiro atoms. The summed E-state index contributed by atoms with van der Waals surface area (Å²) in [5.74, 6) is 0.167. The second-order valence-electron chi connectivity index (χ2n) is 6.94. The molecular formula is C25H20N2O3S. The summed E-state index contributed by atoms with van der Waals surface area (Å²) in [4.78, 5) is 29.9. The number of hydrogen-bond acceptors (Lipinski definition) is 6. The lowest BCUT2D eigenvalue weighted by atomic mass is 10.0. The first-order valence-corrected chi connectivity index (χ1v) is 10.5. The molecule has 1 fully saturated rings. The summed E-state index contributed by atoms with van der Waals surface area (Å²) in [5.41, 5.74) is 4.15. The van der Waals surface area contributed by atoms with E-state index in [1.807, 2.05) is 85.8 Å². The molecule has 1 aliphatic heterocycles. The molecule has 0 atom stereocenters. The third-order valence-electron chi connectivity index (χ3n) is 4.75. The Morgan fingerprint density at radius 1 is 0.903 bits per heavy atom. The van der Waals surface area contributed by atoms with Gasteiger partial charge in [0, 0.05) is 5.69 Å². The maximum Gasteiger partial charge on any atom is 0.266 e. The van der Waals surface area contributed by atoms with Crippen molar-refractivity contribution in [3.63, 3.8) is 0 Å². The van der Waals surface area contributed by atoms with Crippen molar-refractivity contribution in [2.75, 3.05) is 12.4 Å². The molecule has 0 aromatic heterocycles. The topological polar surface area (TPSA) is 67.8 Å². The lowest BCUT2D eigenvalue weighted by Crippen LogP contribution is -2.13. The van der Waals surface area contributed by atoms with E-state index in [-0.39, 0.29) is 5.57 Å². The van der Waals surface area contributed by atoms with E-state index in [4.69, 9.17) is 4.74 Å². The van der Waals surface area contributed by atoms with E-state index in [0.29, 0.717) is 16.4 Å². The SMILES string of the molecule is COc1ccc(N/C(=C2/C(=O)C(=O)SC2=Nc2ccccc2)c2ccc(C)cc2)cc1. The van der Waals surface area contributed by atoms with E-state index >= 15 is 0 Å². The fraction of sp³-hybridized carbons (Fsp3) is 0.0800. The van der Waals surface area contributed by atoms with Crippen LogP contribution in [0.15, 0.2) is 89.4 Å². The van der Waals surface area contributed by atoms with Crippen molar-refractivity contribution < 1.29 is 14.3 Å². The number of anilines is 1. The molecule has 5 nitrogen and oxygen atoms in total. The van der Waals surface area contributed by atoms with Crippen LogP contribution in [0.4, 0.5) is 11.4 Å². The number of aliphatic imine (C=N–C) groups is 1. The minimum Gasteiger partial charge on any atom is -0.497 e. The highest BCUT2D eigenvalue weighted by atomic mass is 32.2. The molecule has 1 heterocycles. The number of nitrogens with zero attached hydrogens (tertiary/aromatic N) is 1. The molecule has 0 bridgehead atoms. The van der Waals surface area contributed by atoms with Crippen molar-refractivity contribution in [2.45, 2.75) is 6.92 Å². The fourth-order valence-corrected chi connectivity index (χ4v) is 3.94. The summed E-state index contributed by atoms with van der Waals surface area (Å²) < 4.78 is 5.23. The Hall–Kier alpha value is -3.64. The van der Waals surface area contributed by atoms with Crippen LogP contribution in [0.5, 0.6) is 5.75 Å². The molecular weight excluding hydrogens is 408 g/mol. The Bertz CT molecular complexity index is 1180. The van der Waals surface area contributed by atoms with Gasteiger partial charge in [-0.2, -0.15) is 0 Å². The van der Waals surface area contributed by atoms with Crippen LogP contribution in [0.1, 0.15) is 11.1 Å². The van der Waals surface area contributed by atoms with Gasteiger partial charge in [0.2, 0.25) is 5.78 Å². The number of nitrogens with one attached hydrogen (secondary N) is 1. The van der Waals surface area contributed by atoms with Gasteiger partial charge in [0.25, 0.3) is 5.12 Å². The standard InChI is InChI=1S/C25H20N2O3S/c1-16-8-10-17(11-9-16)22(26-19-12-14-20(30-2)15-13-19)21-23(28)25(29)31-24(21)27-18-6-4-3-5-7-18/h3-15,26H,1-2H3/b22-21-,27-24?. The number of carbonyl (C=O) groups is 2. The molecule has 1 aliphatic rings. The number of para-hydroxylation sites is 1. The van der Waals surface area contributed by atoms with Gasteiger partial charge in [0.05, 0.1) is 24.1 Å². The summed E-state index contributed by atoms with van der Waals surface area (Å²) in [5, 5.41) is 3.18. The van der Waals surface area contributed by atoms with Crippen molar-refractivity contribution in [1.29, 1.82) is 0 Å². The number of benzene rings is 3. The van der Waals surface area contributed by atoms with Crippen molar-refractivity contribution in [3.8, 4) is 5.75 Å². The molecule has 6 heteroatoms. The van der Waals surface area contributed by atoms with E-state index in [0.717, 1.165) is 34.3 Å². The average Bonchev–Trinajstić information content (AvgIpc) is 3.07. The quantitative estimate of drug-likeness (QED) is 0.435. The maximum atomic E-state index is 12.9. The minimum absolute atomic E-state index is 0.276. The Kier molecular flexibility index (Phi) is 6.00. The van der Waals surface area contributed by atoms with Crippen LogP contribution < -0.4 is 10.1 Å². The first kappa shape index (κ1) is 20.6. The third kappa shape index (κ3) is 4.59. The lowest BCUT2D eigenvalue weighted by Gasteiger charge is -2.15. The zero-order chi connectivity index (χ0) is 21.8. The van der Waals surface area contributed by atoms with Gasteiger partial charge in [-0.15, -0.1) is 0 Å². The molecule has 0 amide bonds. The molecule has 4 rings (SSSR count). The minimum atomic E-state index is -0.559. The first-order chi connectivity index (χ1) is 15.0. The van der Waals surface area contributed by atoms with Gasteiger partial charge >= 0.3 is 0 Å². The van der Waals surface area contributed by atoms with Crippen LogP contribution in [-0.2, 0) is 9.59 Å². The third-order valence-corrected chi connectivity index (χ3v) is 5.61. The zero-order valence-corrected chi connectivity index (χ0v) is 17.9. The normalized spacial score (nSPS) is 16.5. The summed E-state index contributed by atoms with van der Waals surface area (Å²) >= 11 is 0.863. The molecule has 3 aromatic rings. The summed E-state index contributed by atoms with van der Waals surface area (Å²) in [6.45, 7) is 2.00. The van der Waals surface area contributed by atoms with Crippen molar-refractivity contribution in [3.05, 3.63) is 95.6 Å². The Balaban J connectivity index is 1.87. The molecule has 31 heavy (non-hydrogen) atoms. The Morgan fingerprint density at radius 2 is 1.58 bits per heavy atom. The molecule has 1 saturated heterocycles. The monoisotopic (exact) mass is 428 g/mol. The van der Waals surface area contributed by atoms with Crippen LogP contribution in [0, 0.1) is 6.92 Å². The number of aryl methyl sites for hydroxylation is 1. The van der Waals surface area contributed by atoms with Gasteiger partial charge in [0.1, 0.15) is 10.8 Å². The van der Waals surface area contributed by atoms with Crippen LogP contribution in [-0.4, -0.2) is 23.1 Å². The molecule has 0 saturated carbocycles. The Morgan fingerprint density at radius 3 is 2.23 bits per heavy atom. The largest absolute Gasteiger partial charge is 0.497 e. The van der Waals surface area contributed by atoms with Crippen molar-refractivity contribution in [1.82, 2.24) is 0 Å². The summed E-state index contributed by atoms with van der Waals surface area (Å²) in [6.07, 6.45) is 0. The number of ether oxygens (including phenoxy) is 1.